The Morgan fingerprint density at radius 2 is 1.90 bits per heavy atom. The smallest absolute Gasteiger partial charge is 0.116 e. The van der Waals surface area contributed by atoms with E-state index in [0.29, 0.717) is 11.7 Å². The van der Waals surface area contributed by atoms with Gasteiger partial charge in [-0.05, 0) is 65.4 Å². The van der Waals surface area contributed by atoms with Crippen molar-refractivity contribution in [1.82, 2.24) is 4.90 Å². The number of nitrogens with zero attached hydrogens (tertiary/aromatic N) is 1. The predicted molar refractivity (Wildman–Crippen MR) is 82.8 cm³/mol. The third kappa shape index (κ3) is 2.01. The fraction of sp³-hybridized carbons (Fsp3) is 0.333. The minimum Gasteiger partial charge on any atom is -0.508 e. The molecule has 2 atom stereocenters. The largest absolute Gasteiger partial charge is 0.508 e. The molecule has 2 bridgehead atoms. The molecule has 1 N–H and O–H groups in total. The van der Waals surface area contributed by atoms with Gasteiger partial charge in [-0.2, -0.15) is 0 Å². The third-order valence-corrected chi connectivity index (χ3v) is 4.67. The van der Waals surface area contributed by atoms with E-state index in [4.69, 9.17) is 0 Å². The molecule has 1 saturated heterocycles. The van der Waals surface area contributed by atoms with Gasteiger partial charge in [0.25, 0.3) is 0 Å². The number of hydrogen-bond acceptors (Lipinski definition) is 2. The molecule has 4 rings (SSSR count). The molecule has 0 saturated carbocycles. The van der Waals surface area contributed by atoms with E-state index in [2.05, 4.69) is 29.2 Å². The molecule has 2 heterocycles. The van der Waals surface area contributed by atoms with Crippen LogP contribution in [0.15, 0.2) is 42.5 Å². The van der Waals surface area contributed by atoms with E-state index in [1.54, 1.807) is 6.07 Å². The highest BCUT2D eigenvalue weighted by atomic mass is 16.3. The van der Waals surface area contributed by atoms with Gasteiger partial charge in [0.05, 0.1) is 0 Å². The topological polar surface area (TPSA) is 23.5 Å². The summed E-state index contributed by atoms with van der Waals surface area (Å²) in [7, 11) is 0. The predicted octanol–water partition coefficient (Wildman–Crippen LogP) is 3.65. The molecule has 2 unspecified atom stereocenters. The lowest BCUT2D eigenvalue weighted by Gasteiger charge is -2.37. The van der Waals surface area contributed by atoms with Gasteiger partial charge in [0.1, 0.15) is 5.75 Å². The normalized spacial score (nSPS) is 25.5. The average Bonchev–Trinajstić information content (AvgIpc) is 2.47. The maximum absolute atomic E-state index is 9.55. The lowest BCUT2D eigenvalue weighted by Crippen LogP contribution is -2.39. The first-order chi connectivity index (χ1) is 9.79. The molecule has 2 nitrogen and oxygen atoms in total. The van der Waals surface area contributed by atoms with Crippen molar-refractivity contribution in [2.45, 2.75) is 12.8 Å². The number of fused-ring (bicyclic) bond motifs is 3. The Morgan fingerprint density at radius 1 is 1.05 bits per heavy atom. The second kappa shape index (κ2) is 4.64. The maximum atomic E-state index is 9.55. The van der Waals surface area contributed by atoms with Crippen molar-refractivity contribution in [3.63, 3.8) is 0 Å². The van der Waals surface area contributed by atoms with E-state index in [1.165, 1.54) is 42.5 Å². The Morgan fingerprint density at radius 3 is 2.85 bits per heavy atom. The Labute approximate surface area is 119 Å². The first-order valence-electron chi connectivity index (χ1n) is 7.45. The summed E-state index contributed by atoms with van der Waals surface area (Å²) in [4.78, 5) is 2.55. The number of rotatable bonds is 1. The van der Waals surface area contributed by atoms with Crippen LogP contribution >= 0.6 is 0 Å². The van der Waals surface area contributed by atoms with Gasteiger partial charge in [0.2, 0.25) is 0 Å². The SMILES string of the molecule is Oc1ccc2cc(C3=CCN4CCCC3C4)ccc2c1. The zero-order valence-corrected chi connectivity index (χ0v) is 11.5. The van der Waals surface area contributed by atoms with Crippen molar-refractivity contribution in [3.05, 3.63) is 48.0 Å². The molecule has 20 heavy (non-hydrogen) atoms. The van der Waals surface area contributed by atoms with Crippen LogP contribution in [-0.4, -0.2) is 29.6 Å². The fourth-order valence-corrected chi connectivity index (χ4v) is 3.64. The van der Waals surface area contributed by atoms with E-state index in [-0.39, 0.29) is 0 Å². The first kappa shape index (κ1) is 12.0. The van der Waals surface area contributed by atoms with E-state index < -0.39 is 0 Å². The molecule has 0 amide bonds. The van der Waals surface area contributed by atoms with Crippen LogP contribution in [0.25, 0.3) is 16.3 Å². The Kier molecular flexibility index (Phi) is 2.78. The molecule has 1 fully saturated rings. The second-order valence-corrected chi connectivity index (χ2v) is 6.00. The van der Waals surface area contributed by atoms with Crippen LogP contribution in [0.1, 0.15) is 18.4 Å². The van der Waals surface area contributed by atoms with E-state index in [0.717, 1.165) is 11.9 Å². The number of aromatic hydroxyl groups is 1. The average molecular weight is 265 g/mol. The molecular weight excluding hydrogens is 246 g/mol. The lowest BCUT2D eigenvalue weighted by molar-refractivity contribution is 0.209. The quantitative estimate of drug-likeness (QED) is 0.850. The summed E-state index contributed by atoms with van der Waals surface area (Å²) in [6.45, 7) is 3.58. The molecule has 0 radical (unpaired) electrons. The van der Waals surface area contributed by atoms with Crippen LogP contribution in [0, 0.1) is 5.92 Å². The van der Waals surface area contributed by atoms with Crippen molar-refractivity contribution >= 4 is 16.3 Å². The van der Waals surface area contributed by atoms with E-state index in [1.807, 2.05) is 12.1 Å². The van der Waals surface area contributed by atoms with Gasteiger partial charge in [-0.15, -0.1) is 0 Å². The first-order valence-corrected chi connectivity index (χ1v) is 7.45. The van der Waals surface area contributed by atoms with Crippen molar-refractivity contribution in [1.29, 1.82) is 0 Å². The van der Waals surface area contributed by atoms with E-state index >= 15 is 0 Å². The standard InChI is InChI=1S/C18H19NO/c20-17-6-5-13-10-15(4-3-14(13)11-17)18-7-9-19-8-1-2-16(18)12-19/h3-7,10-11,16,20H,1-2,8-9,12H2. The van der Waals surface area contributed by atoms with Crippen LogP contribution in [-0.2, 0) is 0 Å². The van der Waals surface area contributed by atoms with Crippen molar-refractivity contribution in [2.75, 3.05) is 19.6 Å². The van der Waals surface area contributed by atoms with Crippen LogP contribution in [0.4, 0.5) is 0 Å². The Bertz CT molecular complexity index is 689. The second-order valence-electron chi connectivity index (χ2n) is 6.00. The summed E-state index contributed by atoms with van der Waals surface area (Å²) in [6.07, 6.45) is 5.05. The molecule has 2 aliphatic heterocycles. The summed E-state index contributed by atoms with van der Waals surface area (Å²) in [5, 5.41) is 11.9. The third-order valence-electron chi connectivity index (χ3n) is 4.67. The number of hydrogen-bond donors (Lipinski definition) is 1. The number of piperidine rings is 1. The monoisotopic (exact) mass is 265 g/mol. The van der Waals surface area contributed by atoms with Crippen LogP contribution in [0.5, 0.6) is 5.75 Å². The molecule has 2 aliphatic rings. The molecule has 2 aromatic rings. The highest BCUT2D eigenvalue weighted by Crippen LogP contribution is 2.35. The van der Waals surface area contributed by atoms with Crippen LogP contribution in [0.2, 0.25) is 0 Å². The van der Waals surface area contributed by atoms with Gasteiger partial charge in [0.15, 0.2) is 0 Å². The highest BCUT2D eigenvalue weighted by Gasteiger charge is 2.26. The zero-order chi connectivity index (χ0) is 13.5. The van der Waals surface area contributed by atoms with Gasteiger partial charge in [0, 0.05) is 13.1 Å². The van der Waals surface area contributed by atoms with Crippen molar-refractivity contribution in [3.8, 4) is 5.75 Å². The number of phenolic OH excluding ortho intramolecular Hbond substituents is 1. The van der Waals surface area contributed by atoms with Crippen molar-refractivity contribution in [2.24, 2.45) is 5.92 Å². The fourth-order valence-electron chi connectivity index (χ4n) is 3.64. The minimum absolute atomic E-state index is 0.338. The summed E-state index contributed by atoms with van der Waals surface area (Å²) in [6, 6.07) is 12.2. The van der Waals surface area contributed by atoms with Gasteiger partial charge in [-0.3, -0.25) is 4.90 Å². The summed E-state index contributed by atoms with van der Waals surface area (Å²) < 4.78 is 0. The van der Waals surface area contributed by atoms with E-state index in [9.17, 15) is 5.11 Å². The van der Waals surface area contributed by atoms with Crippen LogP contribution in [0.3, 0.4) is 0 Å². The lowest BCUT2D eigenvalue weighted by atomic mass is 9.83. The van der Waals surface area contributed by atoms with Crippen molar-refractivity contribution < 1.29 is 5.11 Å². The molecule has 0 aliphatic carbocycles. The molecule has 102 valence electrons. The molecular formula is C18H19NO. The van der Waals surface area contributed by atoms with Gasteiger partial charge < -0.3 is 5.11 Å². The Balaban J connectivity index is 1.76. The minimum atomic E-state index is 0.338. The van der Waals surface area contributed by atoms with Gasteiger partial charge >= 0.3 is 0 Å². The maximum Gasteiger partial charge on any atom is 0.116 e. The number of phenols is 1. The highest BCUT2D eigenvalue weighted by molar-refractivity contribution is 5.87. The summed E-state index contributed by atoms with van der Waals surface area (Å²) >= 11 is 0. The van der Waals surface area contributed by atoms with Gasteiger partial charge in [-0.1, -0.05) is 24.3 Å². The molecule has 0 aromatic heterocycles. The summed E-state index contributed by atoms with van der Waals surface area (Å²) in [5.41, 5.74) is 2.88. The Hall–Kier alpha value is -1.80. The molecule has 0 spiro atoms. The summed E-state index contributed by atoms with van der Waals surface area (Å²) in [5.74, 6) is 1.04. The van der Waals surface area contributed by atoms with Gasteiger partial charge in [-0.25, -0.2) is 0 Å². The molecule has 2 aromatic carbocycles. The number of benzene rings is 2. The van der Waals surface area contributed by atoms with Crippen LogP contribution < -0.4 is 0 Å². The molecule has 2 heteroatoms. The zero-order valence-electron chi connectivity index (χ0n) is 11.5.